The van der Waals surface area contributed by atoms with Crippen LogP contribution < -0.4 is 10.9 Å². The van der Waals surface area contributed by atoms with Crippen LogP contribution in [0.15, 0.2) is 52.6 Å². The maximum Gasteiger partial charge on any atom is 0.416 e. The van der Waals surface area contributed by atoms with Crippen LogP contribution in [0.1, 0.15) is 44.5 Å². The maximum atomic E-state index is 13.4. The fraction of sp³-hybridized carbons (Fsp3) is 0.200. The zero-order valence-electron chi connectivity index (χ0n) is 20.7. The molecular weight excluding hydrogens is 609 g/mol. The average Bonchev–Trinajstić information content (AvgIpc) is 3.31. The monoisotopic (exact) mass is 623 g/mol. The Balaban J connectivity index is 1.86. The van der Waals surface area contributed by atoms with Gasteiger partial charge in [-0.15, -0.1) is 11.3 Å². The smallest absolute Gasteiger partial charge is 0.416 e. The molecule has 0 spiro atoms. The molecule has 7 nitrogen and oxygen atoms in total. The van der Waals surface area contributed by atoms with Gasteiger partial charge in [-0.25, -0.2) is 4.79 Å². The molecule has 17 heteroatoms. The van der Waals surface area contributed by atoms with E-state index in [0.717, 1.165) is 17.5 Å². The minimum Gasteiger partial charge on any atom is -0.461 e. The molecule has 222 valence electrons. The fourth-order valence-electron chi connectivity index (χ4n) is 3.72. The first-order chi connectivity index (χ1) is 19.4. The molecule has 0 saturated carbocycles. The number of amides is 1. The summed E-state index contributed by atoms with van der Waals surface area (Å²) in [5, 5.41) is 6.12. The second-order valence-corrected chi connectivity index (χ2v) is 9.31. The van der Waals surface area contributed by atoms with Crippen molar-refractivity contribution >= 4 is 39.0 Å². The molecule has 2 aromatic heterocycles. The van der Waals surface area contributed by atoms with E-state index in [0.29, 0.717) is 28.2 Å². The highest BCUT2D eigenvalue weighted by Gasteiger charge is 2.38. The summed E-state index contributed by atoms with van der Waals surface area (Å²) < 4.78 is 124. The first-order valence-corrected chi connectivity index (χ1v) is 12.3. The minimum atomic E-state index is -5.23. The van der Waals surface area contributed by atoms with Gasteiger partial charge in [0.1, 0.15) is 5.00 Å². The summed E-state index contributed by atoms with van der Waals surface area (Å²) in [5.41, 5.74) is -7.42. The predicted molar refractivity (Wildman–Crippen MR) is 131 cm³/mol. The molecule has 0 atom stereocenters. The standard InChI is InChI=1S/C25H14F9N3O4S/c1-2-41-22(40)18-16-10-42-20(17(16)21(39)37(36-18)15-5-3-12(4-6-15)23(26,27)28)35-19(38)11-7-13(24(29,30)31)9-14(8-11)25(32,33)34/h3-10H,2H2,1H3,(H,35,38). The van der Waals surface area contributed by atoms with Crippen molar-refractivity contribution in [3.63, 3.8) is 0 Å². The van der Waals surface area contributed by atoms with Crippen LogP contribution in [-0.4, -0.2) is 28.3 Å². The third-order valence-electron chi connectivity index (χ3n) is 5.64. The highest BCUT2D eigenvalue weighted by atomic mass is 32.1. The lowest BCUT2D eigenvalue weighted by atomic mass is 10.0. The largest absolute Gasteiger partial charge is 0.461 e. The quantitative estimate of drug-likeness (QED) is 0.192. The van der Waals surface area contributed by atoms with Gasteiger partial charge in [0.05, 0.1) is 34.4 Å². The van der Waals surface area contributed by atoms with E-state index >= 15 is 0 Å². The Morgan fingerprint density at radius 3 is 1.93 bits per heavy atom. The minimum absolute atomic E-state index is 0.147. The van der Waals surface area contributed by atoms with Gasteiger partial charge in [-0.3, -0.25) is 9.59 Å². The van der Waals surface area contributed by atoms with Crippen molar-refractivity contribution in [3.05, 3.63) is 86.1 Å². The Labute approximate surface area is 232 Å². The molecule has 0 aliphatic heterocycles. The Kier molecular flexibility index (Phi) is 7.84. The summed E-state index contributed by atoms with van der Waals surface area (Å²) in [6.45, 7) is 1.30. The molecule has 1 N–H and O–H groups in total. The lowest BCUT2D eigenvalue weighted by Crippen LogP contribution is -2.26. The topological polar surface area (TPSA) is 90.3 Å². The molecule has 0 aliphatic rings. The number of thiophene rings is 1. The molecule has 42 heavy (non-hydrogen) atoms. The van der Waals surface area contributed by atoms with E-state index in [1.807, 2.05) is 0 Å². The number of alkyl halides is 9. The van der Waals surface area contributed by atoms with Gasteiger partial charge in [-0.2, -0.15) is 49.3 Å². The molecular formula is C25H14F9N3O4S. The van der Waals surface area contributed by atoms with Crippen molar-refractivity contribution < 1.29 is 53.8 Å². The highest BCUT2D eigenvalue weighted by Crippen LogP contribution is 2.37. The number of benzene rings is 2. The molecule has 2 heterocycles. The van der Waals surface area contributed by atoms with Gasteiger partial charge in [0.2, 0.25) is 0 Å². The Hall–Kier alpha value is -4.41. The summed E-state index contributed by atoms with van der Waals surface area (Å²) in [7, 11) is 0. The molecule has 0 fully saturated rings. The van der Waals surface area contributed by atoms with Crippen molar-refractivity contribution in [2.75, 3.05) is 11.9 Å². The summed E-state index contributed by atoms with van der Waals surface area (Å²) >= 11 is 0.593. The number of anilines is 1. The molecule has 0 aliphatic carbocycles. The maximum absolute atomic E-state index is 13.4. The number of esters is 1. The number of nitrogens with one attached hydrogen (secondary N) is 1. The molecule has 4 aromatic rings. The molecule has 0 bridgehead atoms. The number of carbonyl (C=O) groups is 2. The Morgan fingerprint density at radius 2 is 1.43 bits per heavy atom. The third-order valence-corrected chi connectivity index (χ3v) is 6.53. The van der Waals surface area contributed by atoms with Gasteiger partial charge in [0.15, 0.2) is 5.69 Å². The van der Waals surface area contributed by atoms with E-state index in [-0.39, 0.29) is 40.9 Å². The number of halogens is 9. The number of hydrogen-bond donors (Lipinski definition) is 1. The van der Waals surface area contributed by atoms with Crippen molar-refractivity contribution in [2.24, 2.45) is 0 Å². The van der Waals surface area contributed by atoms with E-state index in [1.165, 1.54) is 6.92 Å². The second kappa shape index (κ2) is 10.8. The molecule has 1 amide bonds. The predicted octanol–water partition coefficient (Wildman–Crippen LogP) is 6.93. The first kappa shape index (κ1) is 30.5. The zero-order chi connectivity index (χ0) is 31.2. The van der Waals surface area contributed by atoms with E-state index < -0.39 is 69.3 Å². The van der Waals surface area contributed by atoms with Crippen LogP contribution in [0.2, 0.25) is 0 Å². The lowest BCUT2D eigenvalue weighted by Gasteiger charge is -2.14. The van der Waals surface area contributed by atoms with Crippen LogP contribution in [0.25, 0.3) is 16.5 Å². The van der Waals surface area contributed by atoms with Gasteiger partial charge < -0.3 is 10.1 Å². The summed E-state index contributed by atoms with van der Waals surface area (Å²) in [5.74, 6) is -2.52. The zero-order valence-corrected chi connectivity index (χ0v) is 21.5. The first-order valence-electron chi connectivity index (χ1n) is 11.4. The molecule has 0 radical (unpaired) electrons. The number of rotatable bonds is 5. The number of fused-ring (bicyclic) bond motifs is 1. The van der Waals surface area contributed by atoms with E-state index in [2.05, 4.69) is 10.4 Å². The van der Waals surface area contributed by atoms with Gasteiger partial charge in [-0.05, 0) is 49.4 Å². The summed E-state index contributed by atoms with van der Waals surface area (Å²) in [6.07, 6.45) is -15.2. The molecule has 4 rings (SSSR count). The summed E-state index contributed by atoms with van der Waals surface area (Å²) in [4.78, 5) is 38.9. The SMILES string of the molecule is CCOC(=O)c1nn(-c2ccc(C(F)(F)F)cc2)c(=O)c2c(NC(=O)c3cc(C(F)(F)F)cc(C(F)(F)F)c3)scc12. The number of hydrogen-bond acceptors (Lipinski definition) is 6. The second-order valence-electron chi connectivity index (χ2n) is 8.43. The molecule has 0 saturated heterocycles. The van der Waals surface area contributed by atoms with Crippen molar-refractivity contribution in [2.45, 2.75) is 25.5 Å². The van der Waals surface area contributed by atoms with Crippen molar-refractivity contribution in [1.82, 2.24) is 9.78 Å². The van der Waals surface area contributed by atoms with Crippen LogP contribution in [0.4, 0.5) is 44.5 Å². The number of ether oxygens (including phenoxy) is 1. The van der Waals surface area contributed by atoms with Crippen LogP contribution in [-0.2, 0) is 23.3 Å². The third kappa shape index (κ3) is 6.09. The lowest BCUT2D eigenvalue weighted by molar-refractivity contribution is -0.143. The van der Waals surface area contributed by atoms with E-state index in [1.54, 1.807) is 0 Å². The van der Waals surface area contributed by atoms with Crippen LogP contribution >= 0.6 is 11.3 Å². The Morgan fingerprint density at radius 1 is 0.881 bits per heavy atom. The van der Waals surface area contributed by atoms with Gasteiger partial charge >= 0.3 is 24.5 Å². The number of carbonyl (C=O) groups excluding carboxylic acids is 2. The van der Waals surface area contributed by atoms with Gasteiger partial charge in [-0.1, -0.05) is 0 Å². The van der Waals surface area contributed by atoms with Crippen molar-refractivity contribution in [1.29, 1.82) is 0 Å². The van der Waals surface area contributed by atoms with Gasteiger partial charge in [0.25, 0.3) is 11.5 Å². The van der Waals surface area contributed by atoms with Crippen LogP contribution in [0.5, 0.6) is 0 Å². The van der Waals surface area contributed by atoms with Gasteiger partial charge in [0, 0.05) is 16.3 Å². The highest BCUT2D eigenvalue weighted by molar-refractivity contribution is 7.16. The molecule has 0 unspecified atom stereocenters. The summed E-state index contributed by atoms with van der Waals surface area (Å²) in [6, 6.07) is 3.24. The van der Waals surface area contributed by atoms with Crippen LogP contribution in [0, 0.1) is 0 Å². The fourth-order valence-corrected chi connectivity index (χ4v) is 4.65. The number of nitrogens with zero attached hydrogens (tertiary/aromatic N) is 2. The number of aromatic nitrogens is 2. The average molecular weight is 623 g/mol. The normalized spacial score (nSPS) is 12.4. The van der Waals surface area contributed by atoms with Crippen LogP contribution in [0.3, 0.4) is 0 Å². The Bertz CT molecular complexity index is 1710. The van der Waals surface area contributed by atoms with E-state index in [4.69, 9.17) is 4.74 Å². The van der Waals surface area contributed by atoms with E-state index in [9.17, 15) is 53.9 Å². The molecule has 2 aromatic carbocycles. The van der Waals surface area contributed by atoms with Crippen molar-refractivity contribution in [3.8, 4) is 5.69 Å².